The standard InChI is InChI=1S/C32H44FN3O9/c33-28-8-7-23(36-29(37)9-10-30(36)38)21-26(28)31(39)34-11-13-41-15-17-43-19-20-44-18-16-42-14-12-35-32(40)45-22-27-24-5-3-1-2-4-6-25(24)27/h7-10,21,24-25,27H,1-6,11-20,22H2,(H,34,39)(H,35,40)/t24-,25+,27?. The van der Waals surface area contributed by atoms with Gasteiger partial charge in [-0.3, -0.25) is 14.4 Å². The molecule has 45 heavy (non-hydrogen) atoms. The molecule has 4 amide bonds. The van der Waals surface area contributed by atoms with Crippen LogP contribution in [0.15, 0.2) is 30.4 Å². The number of hydrogen-bond donors (Lipinski definition) is 2. The number of alkyl carbamates (subject to hydrolysis) is 1. The molecule has 1 unspecified atom stereocenters. The number of amides is 4. The summed E-state index contributed by atoms with van der Waals surface area (Å²) in [6, 6.07) is 3.46. The summed E-state index contributed by atoms with van der Waals surface area (Å²) in [6.45, 7) is 3.80. The molecule has 1 aliphatic heterocycles. The fraction of sp³-hybridized carbons (Fsp3) is 0.625. The van der Waals surface area contributed by atoms with E-state index < -0.39 is 23.5 Å². The van der Waals surface area contributed by atoms with Crippen LogP contribution in [0.25, 0.3) is 0 Å². The summed E-state index contributed by atoms with van der Waals surface area (Å²) in [7, 11) is 0. The molecule has 0 bridgehead atoms. The predicted molar refractivity (Wildman–Crippen MR) is 161 cm³/mol. The van der Waals surface area contributed by atoms with E-state index in [-0.39, 0.29) is 30.5 Å². The van der Waals surface area contributed by atoms with Gasteiger partial charge in [0.15, 0.2) is 0 Å². The Kier molecular flexibility index (Phi) is 14.2. The van der Waals surface area contributed by atoms with Gasteiger partial charge in [-0.15, -0.1) is 0 Å². The topological polar surface area (TPSA) is 142 Å². The van der Waals surface area contributed by atoms with E-state index >= 15 is 0 Å². The first-order valence-electron chi connectivity index (χ1n) is 15.8. The van der Waals surface area contributed by atoms with Crippen LogP contribution >= 0.6 is 0 Å². The second-order valence-electron chi connectivity index (χ2n) is 11.2. The van der Waals surface area contributed by atoms with Gasteiger partial charge < -0.3 is 34.3 Å². The van der Waals surface area contributed by atoms with Crippen molar-refractivity contribution in [3.05, 3.63) is 41.7 Å². The number of carbonyl (C=O) groups excluding carboxylic acids is 4. The molecule has 2 aliphatic carbocycles. The lowest BCUT2D eigenvalue weighted by Crippen LogP contribution is -2.31. The van der Waals surface area contributed by atoms with Crippen LogP contribution in [0.2, 0.25) is 0 Å². The highest BCUT2D eigenvalue weighted by atomic mass is 19.1. The summed E-state index contributed by atoms with van der Waals surface area (Å²) < 4.78 is 41.3. The highest BCUT2D eigenvalue weighted by Gasteiger charge is 2.49. The molecule has 3 atom stereocenters. The fourth-order valence-corrected chi connectivity index (χ4v) is 5.76. The molecule has 2 fully saturated rings. The van der Waals surface area contributed by atoms with E-state index in [0.717, 1.165) is 41.0 Å². The largest absolute Gasteiger partial charge is 0.449 e. The van der Waals surface area contributed by atoms with Gasteiger partial charge in [0.2, 0.25) is 0 Å². The fourth-order valence-electron chi connectivity index (χ4n) is 5.76. The molecule has 0 spiro atoms. The molecular weight excluding hydrogens is 589 g/mol. The molecule has 0 radical (unpaired) electrons. The van der Waals surface area contributed by atoms with E-state index in [1.807, 2.05) is 0 Å². The summed E-state index contributed by atoms with van der Waals surface area (Å²) in [5.74, 6) is -0.521. The molecule has 4 rings (SSSR count). The second kappa shape index (κ2) is 18.5. The van der Waals surface area contributed by atoms with Gasteiger partial charge in [-0.2, -0.15) is 0 Å². The van der Waals surface area contributed by atoms with Gasteiger partial charge in [0.05, 0.1) is 70.7 Å². The van der Waals surface area contributed by atoms with E-state index in [9.17, 15) is 23.6 Å². The number of nitrogens with one attached hydrogen (secondary N) is 2. The predicted octanol–water partition coefficient (Wildman–Crippen LogP) is 2.99. The highest BCUT2D eigenvalue weighted by Crippen LogP contribution is 2.53. The molecule has 0 aromatic heterocycles. The van der Waals surface area contributed by atoms with Gasteiger partial charge in [0.1, 0.15) is 5.82 Å². The second-order valence-corrected chi connectivity index (χ2v) is 11.2. The summed E-state index contributed by atoms with van der Waals surface area (Å²) in [6.07, 6.45) is 9.66. The van der Waals surface area contributed by atoms with Crippen LogP contribution in [0.3, 0.4) is 0 Å². The molecule has 1 heterocycles. The van der Waals surface area contributed by atoms with E-state index in [1.54, 1.807) is 0 Å². The van der Waals surface area contributed by atoms with Crippen molar-refractivity contribution in [2.75, 3.05) is 77.5 Å². The Hall–Kier alpha value is -3.39. The first-order valence-corrected chi connectivity index (χ1v) is 15.8. The van der Waals surface area contributed by atoms with Crippen molar-refractivity contribution >= 4 is 29.5 Å². The molecule has 3 aliphatic rings. The van der Waals surface area contributed by atoms with Crippen molar-refractivity contribution in [1.82, 2.24) is 10.6 Å². The molecule has 0 saturated heterocycles. The van der Waals surface area contributed by atoms with Crippen molar-refractivity contribution in [2.24, 2.45) is 17.8 Å². The molecular formula is C32H44FN3O9. The quantitative estimate of drug-likeness (QED) is 0.174. The number of nitrogens with zero attached hydrogens (tertiary/aromatic N) is 1. The Labute approximate surface area is 262 Å². The summed E-state index contributed by atoms with van der Waals surface area (Å²) in [5, 5.41) is 5.27. The van der Waals surface area contributed by atoms with Crippen LogP contribution in [0.1, 0.15) is 48.9 Å². The molecule has 2 saturated carbocycles. The SMILES string of the molecule is O=C(NCCOCCOCCOCCOCCNC(=O)c1cc(N2C(=O)C=CC2=O)ccc1F)OCC1[C@H]2CCCCCC[C@@H]12. The van der Waals surface area contributed by atoms with Gasteiger partial charge in [-0.05, 0) is 48.8 Å². The first kappa shape index (κ1) is 34.5. The maximum absolute atomic E-state index is 14.2. The lowest BCUT2D eigenvalue weighted by atomic mass is 10.0. The Bertz CT molecular complexity index is 1150. The normalized spacial score (nSPS) is 20.8. The summed E-state index contributed by atoms with van der Waals surface area (Å²) in [4.78, 5) is 48.8. The number of hydrogen-bond acceptors (Lipinski definition) is 9. The minimum atomic E-state index is -0.772. The molecule has 2 N–H and O–H groups in total. The van der Waals surface area contributed by atoms with Crippen molar-refractivity contribution in [3.8, 4) is 0 Å². The van der Waals surface area contributed by atoms with Gasteiger partial charge in [-0.1, -0.05) is 25.7 Å². The van der Waals surface area contributed by atoms with Crippen LogP contribution in [-0.4, -0.2) is 96.4 Å². The number of fused-ring (bicyclic) bond motifs is 1. The summed E-state index contributed by atoms with van der Waals surface area (Å²) >= 11 is 0. The molecule has 12 nitrogen and oxygen atoms in total. The van der Waals surface area contributed by atoms with Crippen LogP contribution in [0, 0.1) is 23.6 Å². The van der Waals surface area contributed by atoms with Gasteiger partial charge in [0.25, 0.3) is 17.7 Å². The molecule has 13 heteroatoms. The van der Waals surface area contributed by atoms with E-state index in [4.69, 9.17) is 23.7 Å². The van der Waals surface area contributed by atoms with Crippen LogP contribution in [0.4, 0.5) is 14.9 Å². The Morgan fingerprint density at radius 3 is 1.87 bits per heavy atom. The minimum absolute atomic E-state index is 0.115. The zero-order chi connectivity index (χ0) is 31.9. The number of imide groups is 1. The van der Waals surface area contributed by atoms with E-state index in [0.29, 0.717) is 65.3 Å². The van der Waals surface area contributed by atoms with Gasteiger partial charge >= 0.3 is 6.09 Å². The Morgan fingerprint density at radius 1 is 0.756 bits per heavy atom. The number of anilines is 1. The highest BCUT2D eigenvalue weighted by molar-refractivity contribution is 6.28. The third-order valence-corrected chi connectivity index (χ3v) is 8.17. The van der Waals surface area contributed by atoms with Gasteiger partial charge in [0, 0.05) is 25.2 Å². The Balaban J connectivity index is 0.907. The maximum atomic E-state index is 14.2. The smallest absolute Gasteiger partial charge is 0.407 e. The Morgan fingerprint density at radius 2 is 1.29 bits per heavy atom. The summed E-state index contributed by atoms with van der Waals surface area (Å²) in [5.41, 5.74) is -0.166. The van der Waals surface area contributed by atoms with Crippen molar-refractivity contribution in [2.45, 2.75) is 38.5 Å². The minimum Gasteiger partial charge on any atom is -0.449 e. The van der Waals surface area contributed by atoms with Crippen LogP contribution < -0.4 is 15.5 Å². The van der Waals surface area contributed by atoms with Gasteiger partial charge in [-0.25, -0.2) is 14.1 Å². The van der Waals surface area contributed by atoms with Crippen LogP contribution in [0.5, 0.6) is 0 Å². The zero-order valence-electron chi connectivity index (χ0n) is 25.6. The van der Waals surface area contributed by atoms with E-state index in [2.05, 4.69) is 10.6 Å². The lowest BCUT2D eigenvalue weighted by molar-refractivity contribution is -0.120. The van der Waals surface area contributed by atoms with Crippen molar-refractivity contribution in [3.63, 3.8) is 0 Å². The zero-order valence-corrected chi connectivity index (χ0v) is 25.6. The molecule has 248 valence electrons. The number of halogens is 1. The van der Waals surface area contributed by atoms with Crippen LogP contribution in [-0.2, 0) is 33.3 Å². The van der Waals surface area contributed by atoms with Crippen molar-refractivity contribution in [1.29, 1.82) is 0 Å². The maximum Gasteiger partial charge on any atom is 0.407 e. The third kappa shape index (κ3) is 11.2. The van der Waals surface area contributed by atoms with Crippen molar-refractivity contribution < 1.29 is 47.3 Å². The number of carbonyl (C=O) groups is 4. The average molecular weight is 634 g/mol. The van der Waals surface area contributed by atoms with E-state index in [1.165, 1.54) is 44.6 Å². The number of benzene rings is 1. The average Bonchev–Trinajstić information content (AvgIpc) is 3.54. The molecule has 1 aromatic rings. The third-order valence-electron chi connectivity index (χ3n) is 8.17. The monoisotopic (exact) mass is 633 g/mol. The number of rotatable bonds is 19. The number of ether oxygens (including phenoxy) is 5. The lowest BCUT2D eigenvalue weighted by Gasteiger charge is -2.15. The first-order chi connectivity index (χ1) is 22.0. The molecule has 1 aromatic carbocycles.